The third kappa shape index (κ3) is 5.42. The summed E-state index contributed by atoms with van der Waals surface area (Å²) in [5, 5.41) is 13.2. The molecular weight excluding hydrogens is 356 g/mol. The molecule has 0 fully saturated rings. The summed E-state index contributed by atoms with van der Waals surface area (Å²) >= 11 is 0. The van der Waals surface area contributed by atoms with Crippen LogP contribution in [0.25, 0.3) is 0 Å². The van der Waals surface area contributed by atoms with Gasteiger partial charge in [0.25, 0.3) is 5.91 Å². The molecule has 148 valence electrons. The Balaban J connectivity index is 2.15. The second-order valence-electron chi connectivity index (χ2n) is 7.56. The summed E-state index contributed by atoms with van der Waals surface area (Å²) in [6.07, 6.45) is -0.156. The number of carbonyl (C=O) groups excluding carboxylic acids is 1. The van der Waals surface area contributed by atoms with Gasteiger partial charge in [-0.15, -0.1) is 0 Å². The molecule has 0 aromatic heterocycles. The van der Waals surface area contributed by atoms with Crippen LogP contribution >= 0.6 is 0 Å². The molecule has 6 heteroatoms. The van der Waals surface area contributed by atoms with Gasteiger partial charge in [0.1, 0.15) is 5.75 Å². The van der Waals surface area contributed by atoms with E-state index in [4.69, 9.17) is 9.84 Å². The van der Waals surface area contributed by atoms with Crippen LogP contribution in [0.1, 0.15) is 54.7 Å². The Kier molecular flexibility index (Phi) is 6.57. The van der Waals surface area contributed by atoms with Crippen LogP contribution in [0.2, 0.25) is 0 Å². The normalized spacial score (nSPS) is 11.8. The summed E-state index contributed by atoms with van der Waals surface area (Å²) in [4.78, 5) is 23.4. The molecule has 2 aromatic rings. The largest absolute Gasteiger partial charge is 0.496 e. The van der Waals surface area contributed by atoms with Crippen molar-refractivity contribution in [2.75, 3.05) is 7.11 Å². The van der Waals surface area contributed by atoms with Crippen LogP contribution in [-0.4, -0.2) is 29.8 Å². The summed E-state index contributed by atoms with van der Waals surface area (Å²) < 4.78 is 5.20. The van der Waals surface area contributed by atoms with E-state index in [-0.39, 0.29) is 17.7 Å². The first-order valence-corrected chi connectivity index (χ1v) is 8.96. The van der Waals surface area contributed by atoms with Crippen molar-refractivity contribution in [1.82, 2.24) is 5.43 Å². The number of carboxylic acid groups (broad SMARTS) is 1. The number of nitrogens with zero attached hydrogens (tertiary/aromatic N) is 1. The summed E-state index contributed by atoms with van der Waals surface area (Å²) in [5.74, 6) is -0.752. The number of ether oxygens (including phenoxy) is 1. The lowest BCUT2D eigenvalue weighted by Gasteiger charge is -2.18. The molecule has 2 rings (SSSR count). The van der Waals surface area contributed by atoms with Gasteiger partial charge in [0, 0.05) is 11.1 Å². The summed E-state index contributed by atoms with van der Waals surface area (Å²) in [6, 6.07) is 12.6. The number of amides is 1. The van der Waals surface area contributed by atoms with Gasteiger partial charge in [-0.05, 0) is 53.8 Å². The van der Waals surface area contributed by atoms with Gasteiger partial charge >= 0.3 is 5.97 Å². The van der Waals surface area contributed by atoms with Gasteiger partial charge in [-0.3, -0.25) is 9.59 Å². The van der Waals surface area contributed by atoms with Crippen molar-refractivity contribution in [3.63, 3.8) is 0 Å². The number of hydrazone groups is 1. The molecule has 0 aliphatic heterocycles. The molecule has 0 radical (unpaired) electrons. The second-order valence-corrected chi connectivity index (χ2v) is 7.56. The molecule has 6 nitrogen and oxygen atoms in total. The number of hydrogen-bond donors (Lipinski definition) is 2. The van der Waals surface area contributed by atoms with E-state index in [0.717, 1.165) is 5.56 Å². The molecule has 0 spiro atoms. The highest BCUT2D eigenvalue weighted by Gasteiger charge is 2.14. The fraction of sp³-hybridized carbons (Fsp3) is 0.318. The molecule has 1 amide bonds. The number of methoxy groups -OCH3 is 1. The lowest BCUT2D eigenvalue weighted by molar-refractivity contribution is -0.136. The van der Waals surface area contributed by atoms with Crippen molar-refractivity contribution in [2.45, 2.75) is 39.5 Å². The SMILES string of the molecule is COc1ccc(/C(C)=N\NC(=O)c2ccc(C(C)(C)C)cc2)cc1CC(=O)O. The molecule has 0 saturated heterocycles. The van der Waals surface area contributed by atoms with E-state index in [2.05, 4.69) is 31.3 Å². The maximum absolute atomic E-state index is 12.3. The Morgan fingerprint density at radius 3 is 2.21 bits per heavy atom. The van der Waals surface area contributed by atoms with E-state index in [1.807, 2.05) is 12.1 Å². The number of nitrogens with one attached hydrogen (secondary N) is 1. The van der Waals surface area contributed by atoms with Gasteiger partial charge < -0.3 is 9.84 Å². The van der Waals surface area contributed by atoms with Crippen LogP contribution in [0.5, 0.6) is 5.75 Å². The molecule has 0 aliphatic rings. The number of carbonyl (C=O) groups is 2. The lowest BCUT2D eigenvalue weighted by Crippen LogP contribution is -2.20. The Morgan fingerprint density at radius 2 is 1.68 bits per heavy atom. The van der Waals surface area contributed by atoms with E-state index in [1.54, 1.807) is 37.3 Å². The van der Waals surface area contributed by atoms with E-state index in [9.17, 15) is 9.59 Å². The van der Waals surface area contributed by atoms with Crippen LogP contribution in [0.15, 0.2) is 47.6 Å². The quantitative estimate of drug-likeness (QED) is 0.588. The number of benzene rings is 2. The minimum atomic E-state index is -0.947. The fourth-order valence-corrected chi connectivity index (χ4v) is 2.69. The number of aliphatic carboxylic acids is 1. The van der Waals surface area contributed by atoms with Gasteiger partial charge in [-0.1, -0.05) is 32.9 Å². The Hall–Kier alpha value is -3.15. The van der Waals surface area contributed by atoms with Crippen molar-refractivity contribution in [1.29, 1.82) is 0 Å². The third-order valence-corrected chi connectivity index (χ3v) is 4.38. The Labute approximate surface area is 165 Å². The average Bonchev–Trinajstić information content (AvgIpc) is 2.64. The predicted octanol–water partition coefficient (Wildman–Crippen LogP) is 3.77. The average molecular weight is 382 g/mol. The minimum Gasteiger partial charge on any atom is -0.496 e. The maximum Gasteiger partial charge on any atom is 0.307 e. The Morgan fingerprint density at radius 1 is 1.07 bits per heavy atom. The zero-order valence-electron chi connectivity index (χ0n) is 16.9. The molecular formula is C22H26N2O4. The van der Waals surface area contributed by atoms with Crippen LogP contribution in [0.4, 0.5) is 0 Å². The molecule has 2 aromatic carbocycles. The number of hydrogen-bond acceptors (Lipinski definition) is 4. The summed E-state index contributed by atoms with van der Waals surface area (Å²) in [5.41, 5.74) is 6.05. The van der Waals surface area contributed by atoms with Crippen molar-refractivity contribution in [3.05, 3.63) is 64.7 Å². The molecule has 28 heavy (non-hydrogen) atoms. The van der Waals surface area contributed by atoms with Crippen molar-refractivity contribution >= 4 is 17.6 Å². The molecule has 2 N–H and O–H groups in total. The highest BCUT2D eigenvalue weighted by atomic mass is 16.5. The highest BCUT2D eigenvalue weighted by Crippen LogP contribution is 2.22. The molecule has 0 aliphatic carbocycles. The summed E-state index contributed by atoms with van der Waals surface area (Å²) in [7, 11) is 1.49. The first-order valence-electron chi connectivity index (χ1n) is 8.96. The van der Waals surface area contributed by atoms with Crippen molar-refractivity contribution < 1.29 is 19.4 Å². The molecule has 0 heterocycles. The topological polar surface area (TPSA) is 88.0 Å². The van der Waals surface area contributed by atoms with Gasteiger partial charge in [0.15, 0.2) is 0 Å². The standard InChI is InChI=1S/C22H26N2O4/c1-14(16-8-11-19(28-5)17(12-16)13-20(25)26)23-24-21(27)15-6-9-18(10-7-15)22(2,3)4/h6-12H,13H2,1-5H3,(H,24,27)(H,25,26)/b23-14-. The molecule has 0 unspecified atom stereocenters. The first kappa shape index (κ1) is 21.2. The van der Waals surface area contributed by atoms with Gasteiger partial charge in [0.05, 0.1) is 19.2 Å². The van der Waals surface area contributed by atoms with Crippen molar-refractivity contribution in [3.8, 4) is 5.75 Å². The summed E-state index contributed by atoms with van der Waals surface area (Å²) in [6.45, 7) is 8.09. The highest BCUT2D eigenvalue weighted by molar-refractivity contribution is 6.01. The maximum atomic E-state index is 12.3. The molecule has 0 saturated carbocycles. The Bertz CT molecular complexity index is 894. The second kappa shape index (κ2) is 8.69. The monoisotopic (exact) mass is 382 g/mol. The lowest BCUT2D eigenvalue weighted by atomic mass is 9.87. The number of carboxylic acids is 1. The number of rotatable bonds is 6. The molecule has 0 atom stereocenters. The van der Waals surface area contributed by atoms with E-state index in [0.29, 0.717) is 28.2 Å². The van der Waals surface area contributed by atoms with E-state index < -0.39 is 5.97 Å². The van der Waals surface area contributed by atoms with Crippen molar-refractivity contribution in [2.24, 2.45) is 5.10 Å². The zero-order chi connectivity index (χ0) is 20.9. The van der Waals surface area contributed by atoms with Gasteiger partial charge in [0.2, 0.25) is 0 Å². The zero-order valence-corrected chi connectivity index (χ0v) is 16.9. The van der Waals surface area contributed by atoms with Gasteiger partial charge in [-0.2, -0.15) is 5.10 Å². The predicted molar refractivity (Wildman–Crippen MR) is 109 cm³/mol. The van der Waals surface area contributed by atoms with Crippen LogP contribution < -0.4 is 10.2 Å². The van der Waals surface area contributed by atoms with Gasteiger partial charge in [-0.25, -0.2) is 5.43 Å². The van der Waals surface area contributed by atoms with Crippen LogP contribution in [-0.2, 0) is 16.6 Å². The first-order chi connectivity index (χ1) is 13.1. The fourth-order valence-electron chi connectivity index (χ4n) is 2.69. The third-order valence-electron chi connectivity index (χ3n) is 4.38. The van der Waals surface area contributed by atoms with E-state index in [1.165, 1.54) is 7.11 Å². The molecule has 0 bridgehead atoms. The smallest absolute Gasteiger partial charge is 0.307 e. The minimum absolute atomic E-state index is 0.0196. The van der Waals surface area contributed by atoms with Crippen LogP contribution in [0, 0.1) is 0 Å². The van der Waals surface area contributed by atoms with E-state index >= 15 is 0 Å². The van der Waals surface area contributed by atoms with Crippen LogP contribution in [0.3, 0.4) is 0 Å².